The molecule has 0 saturated carbocycles. The predicted molar refractivity (Wildman–Crippen MR) is 96.2 cm³/mol. The van der Waals surface area contributed by atoms with Crippen LogP contribution in [0, 0.1) is 0 Å². The van der Waals surface area contributed by atoms with Gasteiger partial charge in [0, 0.05) is 24.2 Å². The third kappa shape index (κ3) is 2.65. The number of likely N-dealkylation sites (tertiary alicyclic amines) is 1. The number of para-hydroxylation sites is 1. The van der Waals surface area contributed by atoms with E-state index in [1.807, 2.05) is 33.7 Å². The number of carbonyl (C=O) groups excluding carboxylic acids is 1. The molecule has 122 valence electrons. The lowest BCUT2D eigenvalue weighted by Crippen LogP contribution is -2.33. The molecule has 0 N–H and O–H groups in total. The van der Waals surface area contributed by atoms with Gasteiger partial charge in [-0.3, -0.25) is 9.59 Å². The molecule has 3 heterocycles. The van der Waals surface area contributed by atoms with Crippen LogP contribution in [0.3, 0.4) is 0 Å². The van der Waals surface area contributed by atoms with Crippen molar-refractivity contribution in [3.63, 3.8) is 0 Å². The highest BCUT2D eigenvalue weighted by Gasteiger charge is 2.30. The smallest absolute Gasteiger partial charge is 0.243 e. The van der Waals surface area contributed by atoms with Crippen molar-refractivity contribution in [2.75, 3.05) is 6.54 Å². The van der Waals surface area contributed by atoms with Gasteiger partial charge in [-0.15, -0.1) is 0 Å². The SMILES string of the molecule is O=C(Cn1ccc(=O)c2ccccc21)N1CCC[C@H]1c1ccsc1. The number of benzene rings is 1. The summed E-state index contributed by atoms with van der Waals surface area (Å²) in [7, 11) is 0. The van der Waals surface area contributed by atoms with Gasteiger partial charge in [-0.05, 0) is 47.4 Å². The molecular weight excluding hydrogens is 320 g/mol. The van der Waals surface area contributed by atoms with Gasteiger partial charge >= 0.3 is 0 Å². The number of hydrogen-bond acceptors (Lipinski definition) is 3. The maximum Gasteiger partial charge on any atom is 0.243 e. The van der Waals surface area contributed by atoms with Crippen LogP contribution in [-0.2, 0) is 11.3 Å². The number of amides is 1. The minimum absolute atomic E-state index is 0.00776. The highest BCUT2D eigenvalue weighted by atomic mass is 32.1. The Labute approximate surface area is 144 Å². The Morgan fingerprint density at radius 2 is 2.08 bits per heavy atom. The molecular formula is C19H18N2O2S. The van der Waals surface area contributed by atoms with Crippen LogP contribution in [-0.4, -0.2) is 21.9 Å². The molecule has 5 heteroatoms. The first-order valence-electron chi connectivity index (χ1n) is 8.14. The Morgan fingerprint density at radius 3 is 2.92 bits per heavy atom. The number of carbonyl (C=O) groups is 1. The largest absolute Gasteiger partial charge is 0.338 e. The molecule has 0 spiro atoms. The molecule has 0 radical (unpaired) electrons. The van der Waals surface area contributed by atoms with E-state index >= 15 is 0 Å². The van der Waals surface area contributed by atoms with Crippen molar-refractivity contribution in [2.24, 2.45) is 0 Å². The van der Waals surface area contributed by atoms with Crippen LogP contribution >= 0.6 is 11.3 Å². The van der Waals surface area contributed by atoms with Gasteiger partial charge in [0.15, 0.2) is 5.43 Å². The molecule has 1 aliphatic heterocycles. The summed E-state index contributed by atoms with van der Waals surface area (Å²) in [4.78, 5) is 26.8. The van der Waals surface area contributed by atoms with E-state index in [0.29, 0.717) is 5.39 Å². The quantitative estimate of drug-likeness (QED) is 0.734. The van der Waals surface area contributed by atoms with Gasteiger partial charge in [0.05, 0.1) is 11.6 Å². The summed E-state index contributed by atoms with van der Waals surface area (Å²) < 4.78 is 1.88. The van der Waals surface area contributed by atoms with E-state index in [1.54, 1.807) is 17.5 Å². The van der Waals surface area contributed by atoms with Crippen molar-refractivity contribution < 1.29 is 4.79 Å². The van der Waals surface area contributed by atoms with Crippen molar-refractivity contribution in [2.45, 2.75) is 25.4 Å². The number of rotatable bonds is 3. The lowest BCUT2D eigenvalue weighted by Gasteiger charge is -2.25. The second kappa shape index (κ2) is 6.24. The second-order valence-electron chi connectivity index (χ2n) is 6.13. The van der Waals surface area contributed by atoms with Gasteiger partial charge in [0.25, 0.3) is 0 Å². The molecule has 1 fully saturated rings. The summed E-state index contributed by atoms with van der Waals surface area (Å²) in [6.45, 7) is 1.07. The zero-order chi connectivity index (χ0) is 16.5. The molecule has 0 bridgehead atoms. The molecule has 4 rings (SSSR count). The van der Waals surface area contributed by atoms with E-state index in [-0.39, 0.29) is 23.9 Å². The van der Waals surface area contributed by atoms with E-state index in [1.165, 1.54) is 11.6 Å². The average molecular weight is 338 g/mol. The van der Waals surface area contributed by atoms with Gasteiger partial charge in [-0.25, -0.2) is 0 Å². The van der Waals surface area contributed by atoms with Crippen LogP contribution in [0.4, 0.5) is 0 Å². The Balaban J connectivity index is 1.63. The van der Waals surface area contributed by atoms with E-state index in [9.17, 15) is 9.59 Å². The maximum atomic E-state index is 12.9. The molecule has 0 aliphatic carbocycles. The summed E-state index contributed by atoms with van der Waals surface area (Å²) in [6, 6.07) is 11.3. The lowest BCUT2D eigenvalue weighted by molar-refractivity contribution is -0.132. The number of thiophene rings is 1. The van der Waals surface area contributed by atoms with Crippen LogP contribution in [0.1, 0.15) is 24.4 Å². The zero-order valence-electron chi connectivity index (χ0n) is 13.2. The fourth-order valence-electron chi connectivity index (χ4n) is 3.51. The monoisotopic (exact) mass is 338 g/mol. The summed E-state index contributed by atoms with van der Waals surface area (Å²) in [5.41, 5.74) is 2.03. The lowest BCUT2D eigenvalue weighted by atomic mass is 10.1. The molecule has 4 nitrogen and oxygen atoms in total. The fraction of sp³-hybridized carbons (Fsp3) is 0.263. The third-order valence-electron chi connectivity index (χ3n) is 4.69. The van der Waals surface area contributed by atoms with Gasteiger partial charge in [-0.1, -0.05) is 12.1 Å². The first-order valence-corrected chi connectivity index (χ1v) is 9.08. The standard InChI is InChI=1S/C19H18N2O2S/c22-18-7-10-20(17-5-2-1-4-15(17)18)12-19(23)21-9-3-6-16(21)14-8-11-24-13-14/h1-2,4-5,7-8,10-11,13,16H,3,6,9,12H2/t16-/m0/s1. The number of nitrogens with zero attached hydrogens (tertiary/aromatic N) is 2. The summed E-state index contributed by atoms with van der Waals surface area (Å²) >= 11 is 1.67. The molecule has 3 aromatic rings. The number of hydrogen-bond donors (Lipinski definition) is 0. The van der Waals surface area contributed by atoms with Gasteiger partial charge < -0.3 is 9.47 Å². The van der Waals surface area contributed by atoms with Crippen LogP contribution in [0.25, 0.3) is 10.9 Å². The molecule has 0 unspecified atom stereocenters. The topological polar surface area (TPSA) is 42.3 Å². The normalized spacial score (nSPS) is 17.5. The predicted octanol–water partition coefficient (Wildman–Crippen LogP) is 3.43. The molecule has 1 aliphatic rings. The zero-order valence-corrected chi connectivity index (χ0v) is 14.0. The van der Waals surface area contributed by atoms with E-state index < -0.39 is 0 Å². The fourth-order valence-corrected chi connectivity index (χ4v) is 4.22. The summed E-state index contributed by atoms with van der Waals surface area (Å²) in [5.74, 6) is 0.109. The van der Waals surface area contributed by atoms with Crippen LogP contribution < -0.4 is 5.43 Å². The van der Waals surface area contributed by atoms with Crippen molar-refractivity contribution in [3.8, 4) is 0 Å². The molecule has 24 heavy (non-hydrogen) atoms. The van der Waals surface area contributed by atoms with Crippen LogP contribution in [0.5, 0.6) is 0 Å². The molecule has 1 amide bonds. The van der Waals surface area contributed by atoms with Crippen molar-refractivity contribution >= 4 is 28.1 Å². The maximum absolute atomic E-state index is 12.9. The summed E-state index contributed by atoms with van der Waals surface area (Å²) in [5, 5.41) is 4.85. The Morgan fingerprint density at radius 1 is 1.21 bits per heavy atom. The van der Waals surface area contributed by atoms with Crippen LogP contribution in [0.2, 0.25) is 0 Å². The second-order valence-corrected chi connectivity index (χ2v) is 6.91. The molecule has 1 aromatic carbocycles. The Hall–Kier alpha value is -2.40. The summed E-state index contributed by atoms with van der Waals surface area (Å²) in [6.07, 6.45) is 3.78. The number of aromatic nitrogens is 1. The number of fused-ring (bicyclic) bond motifs is 1. The van der Waals surface area contributed by atoms with E-state index in [2.05, 4.69) is 16.8 Å². The first-order chi connectivity index (χ1) is 11.7. The molecule has 1 atom stereocenters. The Bertz CT molecular complexity index is 930. The van der Waals surface area contributed by atoms with E-state index in [4.69, 9.17) is 0 Å². The van der Waals surface area contributed by atoms with Crippen LogP contribution in [0.15, 0.2) is 58.1 Å². The first kappa shape index (κ1) is 15.1. The number of pyridine rings is 1. The highest BCUT2D eigenvalue weighted by molar-refractivity contribution is 7.08. The van der Waals surface area contributed by atoms with Gasteiger partial charge in [0.2, 0.25) is 5.91 Å². The minimum Gasteiger partial charge on any atom is -0.338 e. The molecule has 2 aromatic heterocycles. The van der Waals surface area contributed by atoms with Crippen molar-refractivity contribution in [1.82, 2.24) is 9.47 Å². The van der Waals surface area contributed by atoms with Crippen molar-refractivity contribution in [3.05, 3.63) is 69.1 Å². The Kier molecular flexibility index (Phi) is 3.94. The van der Waals surface area contributed by atoms with Crippen molar-refractivity contribution in [1.29, 1.82) is 0 Å². The van der Waals surface area contributed by atoms with E-state index in [0.717, 1.165) is 24.9 Å². The third-order valence-corrected chi connectivity index (χ3v) is 5.39. The highest BCUT2D eigenvalue weighted by Crippen LogP contribution is 2.33. The average Bonchev–Trinajstić information content (AvgIpc) is 3.28. The van der Waals surface area contributed by atoms with Gasteiger partial charge in [0.1, 0.15) is 6.54 Å². The van der Waals surface area contributed by atoms with Gasteiger partial charge in [-0.2, -0.15) is 11.3 Å². The molecule has 1 saturated heterocycles. The minimum atomic E-state index is -0.00776.